The summed E-state index contributed by atoms with van der Waals surface area (Å²) >= 11 is 0. The molecule has 1 heterocycles. The Hall–Kier alpha value is -3.71. The van der Waals surface area contributed by atoms with Gasteiger partial charge in [0.25, 0.3) is 11.8 Å². The molecule has 2 amide bonds. The van der Waals surface area contributed by atoms with Crippen LogP contribution in [0.5, 0.6) is 5.75 Å². The van der Waals surface area contributed by atoms with Crippen LogP contribution in [0.3, 0.4) is 0 Å². The summed E-state index contributed by atoms with van der Waals surface area (Å²) in [6.07, 6.45) is 0. The number of halogens is 1. The predicted molar refractivity (Wildman–Crippen MR) is 128 cm³/mol. The molecule has 1 unspecified atom stereocenters. The minimum atomic E-state index is -0.290. The Labute approximate surface area is 198 Å². The quantitative estimate of drug-likeness (QED) is 0.605. The Bertz CT molecular complexity index is 1170. The first kappa shape index (κ1) is 23.4. The van der Waals surface area contributed by atoms with Crippen molar-refractivity contribution in [2.24, 2.45) is 0 Å². The van der Waals surface area contributed by atoms with Crippen molar-refractivity contribution in [1.29, 1.82) is 0 Å². The maximum absolute atomic E-state index is 13.3. The van der Waals surface area contributed by atoms with Gasteiger partial charge in [-0.15, -0.1) is 0 Å². The van der Waals surface area contributed by atoms with Crippen molar-refractivity contribution in [1.82, 2.24) is 15.1 Å². The maximum Gasteiger partial charge on any atom is 0.254 e. The molecule has 1 aliphatic rings. The lowest BCUT2D eigenvalue weighted by molar-refractivity contribution is 0.0545. The highest BCUT2D eigenvalue weighted by atomic mass is 19.1. The summed E-state index contributed by atoms with van der Waals surface area (Å²) < 4.78 is 18.9. The topological polar surface area (TPSA) is 61.9 Å². The molecule has 3 aromatic carbocycles. The van der Waals surface area contributed by atoms with Gasteiger partial charge in [-0.05, 0) is 60.6 Å². The summed E-state index contributed by atoms with van der Waals surface area (Å²) in [5, 5.41) is 2.65. The number of carbonyl (C=O) groups is 2. The Kier molecular flexibility index (Phi) is 7.23. The van der Waals surface area contributed by atoms with E-state index in [2.05, 4.69) is 10.2 Å². The third kappa shape index (κ3) is 5.43. The fraction of sp³-hybridized carbons (Fsp3) is 0.259. The zero-order chi connectivity index (χ0) is 24.1. The number of nitrogens with zero attached hydrogens (tertiary/aromatic N) is 2. The lowest BCUT2D eigenvalue weighted by atomic mass is 9.99. The highest BCUT2D eigenvalue weighted by molar-refractivity contribution is 5.95. The van der Waals surface area contributed by atoms with Gasteiger partial charge < -0.3 is 15.0 Å². The van der Waals surface area contributed by atoms with Crippen LogP contribution in [-0.4, -0.2) is 55.3 Å². The lowest BCUT2D eigenvalue weighted by Crippen LogP contribution is -2.49. The van der Waals surface area contributed by atoms with Crippen LogP contribution in [-0.2, 0) is 6.61 Å². The summed E-state index contributed by atoms with van der Waals surface area (Å²) in [5.41, 5.74) is 3.00. The molecule has 1 aliphatic heterocycles. The molecule has 0 bridgehead atoms. The largest absolute Gasteiger partial charge is 0.489 e. The molecule has 1 atom stereocenters. The van der Waals surface area contributed by atoms with Crippen LogP contribution in [0.15, 0.2) is 72.8 Å². The third-order valence-electron chi connectivity index (χ3n) is 6.10. The molecule has 1 saturated heterocycles. The van der Waals surface area contributed by atoms with E-state index in [0.29, 0.717) is 30.0 Å². The highest BCUT2D eigenvalue weighted by Gasteiger charge is 2.29. The van der Waals surface area contributed by atoms with Crippen LogP contribution >= 0.6 is 0 Å². The molecular formula is C27H28FN3O3. The average Bonchev–Trinajstić information content (AvgIpc) is 2.88. The molecule has 3 aromatic rings. The van der Waals surface area contributed by atoms with E-state index in [9.17, 15) is 14.0 Å². The van der Waals surface area contributed by atoms with Crippen LogP contribution in [0.25, 0.3) is 0 Å². The second-order valence-corrected chi connectivity index (χ2v) is 8.40. The van der Waals surface area contributed by atoms with Crippen molar-refractivity contribution in [2.75, 3.05) is 33.7 Å². The van der Waals surface area contributed by atoms with Gasteiger partial charge in [0, 0.05) is 37.8 Å². The Balaban J connectivity index is 1.46. The van der Waals surface area contributed by atoms with Gasteiger partial charge in [-0.1, -0.05) is 30.3 Å². The van der Waals surface area contributed by atoms with Gasteiger partial charge in [0.15, 0.2) is 0 Å². The van der Waals surface area contributed by atoms with Crippen molar-refractivity contribution in [3.05, 3.63) is 101 Å². The van der Waals surface area contributed by atoms with E-state index in [0.717, 1.165) is 17.7 Å². The van der Waals surface area contributed by atoms with Gasteiger partial charge in [-0.2, -0.15) is 0 Å². The third-order valence-corrected chi connectivity index (χ3v) is 6.10. The Morgan fingerprint density at radius 2 is 1.74 bits per heavy atom. The fourth-order valence-corrected chi connectivity index (χ4v) is 4.10. The SMILES string of the molecule is CNC(=O)c1cccc(C2CN(C(=O)c3cccc(OCc4ccc(F)cc4)c3)CCN2C)c1. The van der Waals surface area contributed by atoms with E-state index in [1.54, 1.807) is 49.5 Å². The molecule has 6 nitrogen and oxygen atoms in total. The minimum Gasteiger partial charge on any atom is -0.489 e. The minimum absolute atomic E-state index is 0.0137. The zero-order valence-electron chi connectivity index (χ0n) is 19.3. The molecule has 0 aromatic heterocycles. The number of piperazine rings is 1. The summed E-state index contributed by atoms with van der Waals surface area (Å²) in [6, 6.07) is 20.8. The normalized spacial score (nSPS) is 16.2. The summed E-state index contributed by atoms with van der Waals surface area (Å²) in [6.45, 7) is 2.15. The molecule has 1 fully saturated rings. The Morgan fingerprint density at radius 1 is 1.00 bits per heavy atom. The van der Waals surface area contributed by atoms with Gasteiger partial charge >= 0.3 is 0 Å². The summed E-state index contributed by atoms with van der Waals surface area (Å²) in [7, 11) is 3.64. The van der Waals surface area contributed by atoms with E-state index in [1.807, 2.05) is 30.1 Å². The first-order valence-corrected chi connectivity index (χ1v) is 11.2. The molecule has 0 saturated carbocycles. The van der Waals surface area contributed by atoms with E-state index in [1.165, 1.54) is 12.1 Å². The number of amides is 2. The predicted octanol–water partition coefficient (Wildman–Crippen LogP) is 3.89. The number of benzene rings is 3. The molecule has 4 rings (SSSR count). The van der Waals surface area contributed by atoms with Gasteiger partial charge in [-0.3, -0.25) is 14.5 Å². The first-order chi connectivity index (χ1) is 16.4. The number of hydrogen-bond donors (Lipinski definition) is 1. The van der Waals surface area contributed by atoms with Crippen molar-refractivity contribution in [2.45, 2.75) is 12.6 Å². The summed E-state index contributed by atoms with van der Waals surface area (Å²) in [5.74, 6) is 0.0970. The second kappa shape index (κ2) is 10.5. The molecule has 1 N–H and O–H groups in total. The monoisotopic (exact) mass is 461 g/mol. The van der Waals surface area contributed by atoms with Crippen molar-refractivity contribution >= 4 is 11.8 Å². The van der Waals surface area contributed by atoms with Crippen molar-refractivity contribution in [3.63, 3.8) is 0 Å². The number of hydrogen-bond acceptors (Lipinski definition) is 4. The van der Waals surface area contributed by atoms with Crippen LogP contribution < -0.4 is 10.1 Å². The number of carbonyl (C=O) groups excluding carboxylic acids is 2. The van der Waals surface area contributed by atoms with Crippen LogP contribution in [0.4, 0.5) is 4.39 Å². The maximum atomic E-state index is 13.3. The van der Waals surface area contributed by atoms with Crippen LogP contribution in [0.1, 0.15) is 37.9 Å². The molecule has 0 radical (unpaired) electrons. The van der Waals surface area contributed by atoms with Gasteiger partial charge in [0.2, 0.25) is 0 Å². The van der Waals surface area contributed by atoms with Gasteiger partial charge in [0.1, 0.15) is 18.2 Å². The molecule has 176 valence electrons. The van der Waals surface area contributed by atoms with E-state index >= 15 is 0 Å². The molecule has 7 heteroatoms. The first-order valence-electron chi connectivity index (χ1n) is 11.2. The fourth-order valence-electron chi connectivity index (χ4n) is 4.10. The van der Waals surface area contributed by atoms with Crippen molar-refractivity contribution in [3.8, 4) is 5.75 Å². The van der Waals surface area contributed by atoms with E-state index in [4.69, 9.17) is 4.74 Å². The molecule has 34 heavy (non-hydrogen) atoms. The average molecular weight is 462 g/mol. The standard InChI is InChI=1S/C27H28FN3O3/c1-29-26(32)21-6-3-5-20(15-21)25-17-31(14-13-30(25)2)27(33)22-7-4-8-24(16-22)34-18-19-9-11-23(28)12-10-19/h3-12,15-16,25H,13-14,17-18H2,1-2H3,(H,29,32). The number of likely N-dealkylation sites (N-methyl/N-ethyl adjacent to an activating group) is 1. The smallest absolute Gasteiger partial charge is 0.254 e. The molecule has 0 aliphatic carbocycles. The lowest BCUT2D eigenvalue weighted by Gasteiger charge is -2.40. The van der Waals surface area contributed by atoms with E-state index in [-0.39, 0.29) is 30.3 Å². The van der Waals surface area contributed by atoms with E-state index < -0.39 is 0 Å². The number of ether oxygens (including phenoxy) is 1. The van der Waals surface area contributed by atoms with Crippen LogP contribution in [0.2, 0.25) is 0 Å². The van der Waals surface area contributed by atoms with Crippen molar-refractivity contribution < 1.29 is 18.7 Å². The van der Waals surface area contributed by atoms with Crippen LogP contribution in [0, 0.1) is 5.82 Å². The number of rotatable bonds is 6. The Morgan fingerprint density at radius 3 is 2.50 bits per heavy atom. The molecule has 0 spiro atoms. The van der Waals surface area contributed by atoms with Gasteiger partial charge in [-0.25, -0.2) is 4.39 Å². The van der Waals surface area contributed by atoms with Gasteiger partial charge in [0.05, 0.1) is 6.04 Å². The molecular weight excluding hydrogens is 433 g/mol. The number of nitrogens with one attached hydrogen (secondary N) is 1. The summed E-state index contributed by atoms with van der Waals surface area (Å²) in [4.78, 5) is 29.4. The second-order valence-electron chi connectivity index (χ2n) is 8.40. The zero-order valence-corrected chi connectivity index (χ0v) is 19.3. The highest BCUT2D eigenvalue weighted by Crippen LogP contribution is 2.26.